The quantitative estimate of drug-likeness (QED) is 0.907. The monoisotopic (exact) mass is 345 g/mol. The molecule has 1 aromatic rings. The van der Waals surface area contributed by atoms with Crippen LogP contribution in [0.4, 0.5) is 0 Å². The highest BCUT2D eigenvalue weighted by Gasteiger charge is 2.37. The lowest BCUT2D eigenvalue weighted by Crippen LogP contribution is -2.51. The zero-order valence-electron chi connectivity index (χ0n) is 8.06. The molecule has 0 aliphatic carbocycles. The van der Waals surface area contributed by atoms with E-state index in [1.165, 1.54) is 21.7 Å². The Balaban J connectivity index is 2.24. The van der Waals surface area contributed by atoms with Gasteiger partial charge in [0.25, 0.3) is 0 Å². The minimum Gasteiger partial charge on any atom is -0.396 e. The highest BCUT2D eigenvalue weighted by molar-refractivity contribution is 9.11. The number of halogens is 2. The van der Waals surface area contributed by atoms with Crippen molar-refractivity contribution in [1.29, 1.82) is 0 Å². The first-order chi connectivity index (χ1) is 7.45. The average Bonchev–Trinajstić information content (AvgIpc) is 2.43. The predicted octanol–water partition coefficient (Wildman–Crippen LogP) is 1.78. The highest BCUT2D eigenvalue weighted by Crippen LogP contribution is 2.37. The van der Waals surface area contributed by atoms with E-state index >= 15 is 0 Å². The Hall–Kier alpha value is 0.340. The van der Waals surface area contributed by atoms with Crippen LogP contribution in [0.1, 0.15) is 0 Å². The summed E-state index contributed by atoms with van der Waals surface area (Å²) in [5, 5.41) is 8.85. The van der Waals surface area contributed by atoms with Crippen LogP contribution in [0.5, 0.6) is 0 Å². The van der Waals surface area contributed by atoms with Gasteiger partial charge in [0.15, 0.2) is 0 Å². The summed E-state index contributed by atoms with van der Waals surface area (Å²) in [6.45, 7) is 0.748. The summed E-state index contributed by atoms with van der Waals surface area (Å²) in [7, 11) is -3.48. The van der Waals surface area contributed by atoms with Gasteiger partial charge in [-0.3, -0.25) is 0 Å². The largest absolute Gasteiger partial charge is 0.396 e. The number of aliphatic hydroxyl groups is 1. The molecule has 0 saturated carbocycles. The number of hydrogen-bond acceptors (Lipinski definition) is 4. The Kier molecular flexibility index (Phi) is 3.63. The molecule has 1 fully saturated rings. The molecule has 16 heavy (non-hydrogen) atoms. The lowest BCUT2D eigenvalue weighted by Gasteiger charge is -2.36. The molecule has 0 atom stereocenters. The second-order valence-corrected chi connectivity index (χ2v) is 8.50. The van der Waals surface area contributed by atoms with Crippen molar-refractivity contribution < 1.29 is 13.5 Å². The number of rotatable bonds is 3. The van der Waals surface area contributed by atoms with E-state index in [-0.39, 0.29) is 21.8 Å². The SMILES string of the molecule is O=S(=O)(c1cc(Br)sc1Cl)N1CC(CO)C1. The summed E-state index contributed by atoms with van der Waals surface area (Å²) in [4.78, 5) is 0.141. The first kappa shape index (κ1) is 12.8. The Morgan fingerprint density at radius 3 is 2.69 bits per heavy atom. The molecule has 1 aliphatic rings. The fraction of sp³-hybridized carbons (Fsp3) is 0.500. The smallest absolute Gasteiger partial charge is 0.245 e. The molecule has 0 radical (unpaired) electrons. The Labute approximate surface area is 111 Å². The van der Waals surface area contributed by atoms with Gasteiger partial charge in [0, 0.05) is 25.6 Å². The third-order valence-electron chi connectivity index (χ3n) is 2.43. The summed E-state index contributed by atoms with van der Waals surface area (Å²) in [5.41, 5.74) is 0. The van der Waals surface area contributed by atoms with Crippen LogP contribution in [-0.2, 0) is 10.0 Å². The molecule has 0 amide bonds. The number of sulfonamides is 1. The van der Waals surface area contributed by atoms with Gasteiger partial charge in [0.05, 0.1) is 3.79 Å². The molecule has 0 bridgehead atoms. The van der Waals surface area contributed by atoms with Crippen molar-refractivity contribution in [2.24, 2.45) is 5.92 Å². The minimum atomic E-state index is -3.48. The van der Waals surface area contributed by atoms with Crippen molar-refractivity contribution in [2.45, 2.75) is 4.90 Å². The minimum absolute atomic E-state index is 0.0209. The van der Waals surface area contributed by atoms with Crippen LogP contribution < -0.4 is 0 Å². The molecule has 4 nitrogen and oxygen atoms in total. The number of nitrogens with zero attached hydrogens (tertiary/aromatic N) is 1. The van der Waals surface area contributed by atoms with Crippen molar-refractivity contribution in [1.82, 2.24) is 4.31 Å². The molecule has 1 aliphatic heterocycles. The maximum Gasteiger partial charge on any atom is 0.245 e. The molecule has 90 valence electrons. The standard InChI is InChI=1S/C8H9BrClNO3S2/c9-7-1-6(8(10)15-7)16(13,14)11-2-5(3-11)4-12/h1,5,12H,2-4H2. The molecular weight excluding hydrogens is 338 g/mol. The van der Waals surface area contributed by atoms with E-state index in [0.29, 0.717) is 16.9 Å². The van der Waals surface area contributed by atoms with Gasteiger partial charge in [-0.25, -0.2) is 8.42 Å². The van der Waals surface area contributed by atoms with E-state index in [4.69, 9.17) is 16.7 Å². The first-order valence-electron chi connectivity index (χ1n) is 4.51. The van der Waals surface area contributed by atoms with E-state index in [2.05, 4.69) is 15.9 Å². The molecule has 0 unspecified atom stereocenters. The highest BCUT2D eigenvalue weighted by atomic mass is 79.9. The predicted molar refractivity (Wildman–Crippen MR) is 66.4 cm³/mol. The number of hydrogen-bond donors (Lipinski definition) is 1. The third-order valence-corrected chi connectivity index (χ3v) is 6.38. The van der Waals surface area contributed by atoms with E-state index < -0.39 is 10.0 Å². The normalized spacial score (nSPS) is 18.7. The van der Waals surface area contributed by atoms with E-state index in [9.17, 15) is 8.42 Å². The van der Waals surface area contributed by atoms with Crippen LogP contribution in [0.3, 0.4) is 0 Å². The van der Waals surface area contributed by atoms with Crippen molar-refractivity contribution >= 4 is 48.9 Å². The van der Waals surface area contributed by atoms with Crippen molar-refractivity contribution in [2.75, 3.05) is 19.7 Å². The topological polar surface area (TPSA) is 57.6 Å². The van der Waals surface area contributed by atoms with Crippen LogP contribution in [-0.4, -0.2) is 37.5 Å². The Bertz CT molecular complexity index is 495. The fourth-order valence-electron chi connectivity index (χ4n) is 1.47. The van der Waals surface area contributed by atoms with Crippen LogP contribution in [0.25, 0.3) is 0 Å². The first-order valence-corrected chi connectivity index (χ1v) is 7.93. The van der Waals surface area contributed by atoms with Crippen molar-refractivity contribution in [3.05, 3.63) is 14.2 Å². The second kappa shape index (κ2) is 4.55. The van der Waals surface area contributed by atoms with Crippen molar-refractivity contribution in [3.8, 4) is 0 Å². The summed E-state index contributed by atoms with van der Waals surface area (Å²) in [6.07, 6.45) is 0. The molecular formula is C8H9BrClNO3S2. The molecule has 2 rings (SSSR count). The molecule has 8 heteroatoms. The summed E-state index contributed by atoms with van der Waals surface area (Å²) >= 11 is 10.2. The molecule has 1 N–H and O–H groups in total. The van der Waals surface area contributed by atoms with E-state index in [1.807, 2.05) is 0 Å². The molecule has 1 aromatic heterocycles. The second-order valence-electron chi connectivity index (χ2n) is 3.56. The molecule has 1 saturated heterocycles. The zero-order chi connectivity index (χ0) is 11.9. The van der Waals surface area contributed by atoms with Gasteiger partial charge in [-0.05, 0) is 22.0 Å². The van der Waals surface area contributed by atoms with Crippen molar-refractivity contribution in [3.63, 3.8) is 0 Å². The van der Waals surface area contributed by atoms with Gasteiger partial charge in [-0.15, -0.1) is 11.3 Å². The summed E-state index contributed by atoms with van der Waals surface area (Å²) < 4.78 is 26.4. The molecule has 0 aromatic carbocycles. The Morgan fingerprint density at radius 2 is 2.25 bits per heavy atom. The van der Waals surface area contributed by atoms with Gasteiger partial charge in [-0.2, -0.15) is 4.31 Å². The zero-order valence-corrected chi connectivity index (χ0v) is 12.0. The number of aliphatic hydroxyl groups excluding tert-OH is 1. The van der Waals surface area contributed by atoms with E-state index in [1.54, 1.807) is 0 Å². The van der Waals surface area contributed by atoms with Crippen LogP contribution in [0.15, 0.2) is 14.7 Å². The number of thiophene rings is 1. The maximum absolute atomic E-state index is 12.1. The van der Waals surface area contributed by atoms with Crippen LogP contribution in [0, 0.1) is 5.92 Å². The summed E-state index contributed by atoms with van der Waals surface area (Å²) in [5.74, 6) is 0.0515. The maximum atomic E-state index is 12.1. The fourth-order valence-corrected chi connectivity index (χ4v) is 5.80. The molecule has 0 spiro atoms. The van der Waals surface area contributed by atoms with Gasteiger partial charge < -0.3 is 5.11 Å². The van der Waals surface area contributed by atoms with Gasteiger partial charge in [0.2, 0.25) is 10.0 Å². The van der Waals surface area contributed by atoms with E-state index in [0.717, 1.165) is 0 Å². The molecule has 2 heterocycles. The average molecular weight is 347 g/mol. The lowest BCUT2D eigenvalue weighted by atomic mass is 10.1. The third kappa shape index (κ3) is 2.16. The lowest BCUT2D eigenvalue weighted by molar-refractivity contribution is 0.117. The summed E-state index contributed by atoms with van der Waals surface area (Å²) in [6, 6.07) is 1.51. The van der Waals surface area contributed by atoms with Crippen LogP contribution in [0.2, 0.25) is 4.34 Å². The van der Waals surface area contributed by atoms with Gasteiger partial charge in [0.1, 0.15) is 9.23 Å². The van der Waals surface area contributed by atoms with Gasteiger partial charge in [-0.1, -0.05) is 11.6 Å². The van der Waals surface area contributed by atoms with Gasteiger partial charge >= 0.3 is 0 Å². The Morgan fingerprint density at radius 1 is 1.62 bits per heavy atom. The van der Waals surface area contributed by atoms with Crippen LogP contribution >= 0.6 is 38.9 Å².